The summed E-state index contributed by atoms with van der Waals surface area (Å²) in [5.41, 5.74) is 1.37. The summed E-state index contributed by atoms with van der Waals surface area (Å²) in [5.74, 6) is -0.168. The number of benzene rings is 1. The molecule has 3 heteroatoms. The smallest absolute Gasteiger partial charge is 0.309 e. The first-order valence-corrected chi connectivity index (χ1v) is 10.3. The van der Waals surface area contributed by atoms with Gasteiger partial charge in [0.1, 0.15) is 6.61 Å². The van der Waals surface area contributed by atoms with Gasteiger partial charge in [0.15, 0.2) is 0 Å². The van der Waals surface area contributed by atoms with Gasteiger partial charge in [0.25, 0.3) is 0 Å². The Hall–Kier alpha value is -1.35. The molecule has 1 fully saturated rings. The molecule has 0 radical (unpaired) electrons. The molecule has 1 aliphatic heterocycles. The van der Waals surface area contributed by atoms with Crippen molar-refractivity contribution >= 4 is 5.97 Å². The summed E-state index contributed by atoms with van der Waals surface area (Å²) in [6.45, 7) is 18.2. The normalized spacial score (nSPS) is 23.0. The molecule has 1 aromatic rings. The van der Waals surface area contributed by atoms with Crippen molar-refractivity contribution in [1.82, 2.24) is 5.32 Å². The number of carbonyl (C=O) groups excluding carboxylic acids is 1. The van der Waals surface area contributed by atoms with Crippen molar-refractivity contribution in [3.05, 3.63) is 35.9 Å². The highest BCUT2D eigenvalue weighted by molar-refractivity contribution is 5.73. The lowest BCUT2D eigenvalue weighted by Crippen LogP contribution is -2.36. The van der Waals surface area contributed by atoms with Gasteiger partial charge in [-0.3, -0.25) is 4.79 Å². The molecule has 2 unspecified atom stereocenters. The van der Waals surface area contributed by atoms with Gasteiger partial charge in [0.05, 0.1) is 5.92 Å². The highest BCUT2D eigenvalue weighted by Gasteiger charge is 2.57. The maximum atomic E-state index is 13.1. The quantitative estimate of drug-likeness (QED) is 0.467. The zero-order valence-electron chi connectivity index (χ0n) is 18.6. The zero-order chi connectivity index (χ0) is 20.5. The van der Waals surface area contributed by atoms with E-state index in [4.69, 9.17) is 4.74 Å². The molecule has 3 nitrogen and oxygen atoms in total. The number of rotatable bonds is 8. The average Bonchev–Trinajstić information content (AvgIpc) is 3.07. The van der Waals surface area contributed by atoms with E-state index in [2.05, 4.69) is 60.7 Å². The first-order valence-electron chi connectivity index (χ1n) is 10.3. The van der Waals surface area contributed by atoms with Gasteiger partial charge in [-0.05, 0) is 56.4 Å². The van der Waals surface area contributed by atoms with Crippen LogP contribution in [-0.4, -0.2) is 17.0 Å². The molecule has 0 aromatic heterocycles. The molecular weight excluding hydrogens is 334 g/mol. The first-order chi connectivity index (χ1) is 12.3. The van der Waals surface area contributed by atoms with Crippen LogP contribution in [0.25, 0.3) is 0 Å². The van der Waals surface area contributed by atoms with E-state index in [0.29, 0.717) is 6.61 Å². The Morgan fingerprint density at radius 3 is 2.11 bits per heavy atom. The molecule has 0 bridgehead atoms. The van der Waals surface area contributed by atoms with Crippen LogP contribution in [0, 0.1) is 16.7 Å². The molecule has 152 valence electrons. The molecule has 2 rings (SSSR count). The summed E-state index contributed by atoms with van der Waals surface area (Å²) in [5, 5.41) is 3.60. The van der Waals surface area contributed by atoms with Gasteiger partial charge in [0.2, 0.25) is 0 Å². The molecule has 0 aliphatic carbocycles. The van der Waals surface area contributed by atoms with Gasteiger partial charge < -0.3 is 10.1 Å². The van der Waals surface area contributed by atoms with Crippen LogP contribution in [0.3, 0.4) is 0 Å². The summed E-state index contributed by atoms with van der Waals surface area (Å²) < 4.78 is 5.76. The second-order valence-corrected chi connectivity index (χ2v) is 11.0. The van der Waals surface area contributed by atoms with Crippen LogP contribution >= 0.6 is 0 Å². The molecule has 1 heterocycles. The van der Waals surface area contributed by atoms with Crippen molar-refractivity contribution in [3.8, 4) is 0 Å². The minimum atomic E-state index is -0.107. The van der Waals surface area contributed by atoms with Crippen LogP contribution in [-0.2, 0) is 16.1 Å². The van der Waals surface area contributed by atoms with E-state index in [0.717, 1.165) is 24.8 Å². The first kappa shape index (κ1) is 21.9. The van der Waals surface area contributed by atoms with Gasteiger partial charge in [-0.2, -0.15) is 0 Å². The summed E-state index contributed by atoms with van der Waals surface area (Å²) in [7, 11) is 0. The van der Waals surface area contributed by atoms with E-state index in [1.54, 1.807) is 0 Å². The lowest BCUT2D eigenvalue weighted by molar-refractivity contribution is -0.156. The van der Waals surface area contributed by atoms with Crippen molar-refractivity contribution in [2.45, 2.75) is 92.3 Å². The SMILES string of the molecule is CC(C)(C)CC(C(=O)OCc1ccccc1)C(C)(C)CCC1(C)NC1(C)C. The number of ether oxygens (including phenoxy) is 1. The van der Waals surface area contributed by atoms with E-state index in [-0.39, 0.29) is 33.8 Å². The Morgan fingerprint density at radius 1 is 1.07 bits per heavy atom. The van der Waals surface area contributed by atoms with Crippen LogP contribution in [0.15, 0.2) is 30.3 Å². The van der Waals surface area contributed by atoms with Crippen LogP contribution in [0.1, 0.15) is 80.2 Å². The number of hydrogen-bond donors (Lipinski definition) is 1. The minimum absolute atomic E-state index is 0.0630. The maximum absolute atomic E-state index is 13.1. The third-order valence-corrected chi connectivity index (χ3v) is 6.44. The number of carbonyl (C=O) groups is 1. The molecule has 0 amide bonds. The number of esters is 1. The Labute approximate surface area is 166 Å². The lowest BCUT2D eigenvalue weighted by Gasteiger charge is -2.37. The minimum Gasteiger partial charge on any atom is -0.461 e. The van der Waals surface area contributed by atoms with E-state index < -0.39 is 0 Å². The second-order valence-electron chi connectivity index (χ2n) is 11.0. The standard InChI is InChI=1S/C24H39NO2/c1-21(2,3)16-19(20(26)27-17-18-12-10-9-11-13-18)22(4,5)14-15-24(8)23(6,7)25-24/h9-13,19,25H,14-17H2,1-8H3. The fourth-order valence-corrected chi connectivity index (χ4v) is 3.90. The average molecular weight is 374 g/mol. The van der Waals surface area contributed by atoms with Gasteiger partial charge in [-0.15, -0.1) is 0 Å². The van der Waals surface area contributed by atoms with Gasteiger partial charge >= 0.3 is 5.97 Å². The Morgan fingerprint density at radius 2 is 1.63 bits per heavy atom. The maximum Gasteiger partial charge on any atom is 0.309 e. The fourth-order valence-electron chi connectivity index (χ4n) is 3.90. The van der Waals surface area contributed by atoms with Crippen LogP contribution in [0.5, 0.6) is 0 Å². The van der Waals surface area contributed by atoms with Crippen molar-refractivity contribution in [3.63, 3.8) is 0 Å². The van der Waals surface area contributed by atoms with Crippen LogP contribution < -0.4 is 5.32 Å². The summed E-state index contributed by atoms with van der Waals surface area (Å²) in [4.78, 5) is 13.1. The molecule has 0 saturated carbocycles. The van der Waals surface area contributed by atoms with E-state index in [1.165, 1.54) is 0 Å². The largest absolute Gasteiger partial charge is 0.461 e. The molecule has 1 aliphatic rings. The zero-order valence-corrected chi connectivity index (χ0v) is 18.6. The van der Waals surface area contributed by atoms with E-state index >= 15 is 0 Å². The van der Waals surface area contributed by atoms with Gasteiger partial charge in [-0.1, -0.05) is 65.0 Å². The Balaban J connectivity index is 2.06. The predicted octanol–water partition coefficient (Wildman–Crippen LogP) is 5.73. The monoisotopic (exact) mass is 373 g/mol. The molecule has 1 N–H and O–H groups in total. The van der Waals surface area contributed by atoms with Crippen molar-refractivity contribution in [2.24, 2.45) is 16.7 Å². The molecule has 1 saturated heterocycles. The predicted molar refractivity (Wildman–Crippen MR) is 112 cm³/mol. The number of nitrogens with one attached hydrogen (secondary N) is 1. The molecular formula is C24H39NO2. The van der Waals surface area contributed by atoms with Crippen LogP contribution in [0.4, 0.5) is 0 Å². The van der Waals surface area contributed by atoms with Gasteiger partial charge in [-0.25, -0.2) is 0 Å². The summed E-state index contributed by atoms with van der Waals surface area (Å²) in [6.07, 6.45) is 2.90. The van der Waals surface area contributed by atoms with Crippen LogP contribution in [0.2, 0.25) is 0 Å². The highest BCUT2D eigenvalue weighted by atomic mass is 16.5. The van der Waals surface area contributed by atoms with Crippen molar-refractivity contribution in [2.75, 3.05) is 0 Å². The van der Waals surface area contributed by atoms with Gasteiger partial charge in [0, 0.05) is 11.1 Å². The van der Waals surface area contributed by atoms with E-state index in [1.807, 2.05) is 30.3 Å². The third kappa shape index (κ3) is 5.81. The molecule has 1 aromatic carbocycles. The third-order valence-electron chi connectivity index (χ3n) is 6.44. The lowest BCUT2D eigenvalue weighted by atomic mass is 9.68. The van der Waals surface area contributed by atoms with E-state index in [9.17, 15) is 4.79 Å². The fraction of sp³-hybridized carbons (Fsp3) is 0.708. The Bertz CT molecular complexity index is 642. The Kier molecular flexibility index (Phi) is 6.16. The summed E-state index contributed by atoms with van der Waals surface area (Å²) >= 11 is 0. The second kappa shape index (κ2) is 7.58. The number of hydrogen-bond acceptors (Lipinski definition) is 3. The summed E-state index contributed by atoms with van der Waals surface area (Å²) in [6, 6.07) is 9.93. The van der Waals surface area contributed by atoms with Crippen molar-refractivity contribution < 1.29 is 9.53 Å². The highest BCUT2D eigenvalue weighted by Crippen LogP contribution is 2.47. The van der Waals surface area contributed by atoms with Crippen molar-refractivity contribution in [1.29, 1.82) is 0 Å². The topological polar surface area (TPSA) is 48.2 Å². The molecule has 27 heavy (non-hydrogen) atoms. The molecule has 2 atom stereocenters. The molecule has 0 spiro atoms.